The molecule has 0 saturated heterocycles. The van der Waals surface area contributed by atoms with Gasteiger partial charge >= 0.3 is 0 Å². The van der Waals surface area contributed by atoms with E-state index in [9.17, 15) is 13.7 Å². The molecule has 30 heavy (non-hydrogen) atoms. The SMILES string of the molecule is Cc1oc(-c2nc(C#N)c(NCCN(C)C)o2)cc1S(=O)(=O)N(C)c1ccccc1. The summed E-state index contributed by atoms with van der Waals surface area (Å²) in [4.78, 5) is 6.11. The quantitative estimate of drug-likeness (QED) is 0.581. The van der Waals surface area contributed by atoms with E-state index in [4.69, 9.17) is 8.83 Å². The second-order valence-electron chi connectivity index (χ2n) is 6.88. The van der Waals surface area contributed by atoms with Crippen LogP contribution in [0.1, 0.15) is 11.5 Å². The van der Waals surface area contributed by atoms with Gasteiger partial charge in [-0.25, -0.2) is 8.42 Å². The molecule has 0 unspecified atom stereocenters. The predicted octanol–water partition coefficient (Wildman–Crippen LogP) is 2.91. The van der Waals surface area contributed by atoms with Crippen molar-refractivity contribution in [1.82, 2.24) is 9.88 Å². The number of rotatable bonds is 8. The Morgan fingerprint density at radius 2 is 1.87 bits per heavy atom. The Hall–Kier alpha value is -3.29. The second-order valence-corrected chi connectivity index (χ2v) is 8.82. The molecular weight excluding hydrogens is 406 g/mol. The largest absolute Gasteiger partial charge is 0.455 e. The molecule has 0 amide bonds. The molecule has 2 heterocycles. The van der Waals surface area contributed by atoms with E-state index in [0.717, 1.165) is 6.54 Å². The van der Waals surface area contributed by atoms with E-state index < -0.39 is 10.0 Å². The molecule has 1 N–H and O–H groups in total. The molecule has 0 aliphatic carbocycles. The minimum absolute atomic E-state index is 0.00248. The first-order chi connectivity index (χ1) is 14.2. The van der Waals surface area contributed by atoms with Crippen molar-refractivity contribution in [2.24, 2.45) is 0 Å². The maximum absolute atomic E-state index is 13.1. The number of furan rings is 1. The molecule has 0 aliphatic heterocycles. The summed E-state index contributed by atoms with van der Waals surface area (Å²) in [6.45, 7) is 2.84. The Morgan fingerprint density at radius 3 is 2.50 bits per heavy atom. The number of sulfonamides is 1. The lowest BCUT2D eigenvalue weighted by molar-refractivity contribution is 0.422. The zero-order chi connectivity index (χ0) is 21.9. The van der Waals surface area contributed by atoms with Crippen molar-refractivity contribution in [2.75, 3.05) is 43.9 Å². The summed E-state index contributed by atoms with van der Waals surface area (Å²) < 4.78 is 38.6. The van der Waals surface area contributed by atoms with Crippen LogP contribution in [0.4, 0.5) is 11.6 Å². The number of hydrogen-bond donors (Lipinski definition) is 1. The van der Waals surface area contributed by atoms with Gasteiger partial charge in [-0.05, 0) is 33.2 Å². The summed E-state index contributed by atoms with van der Waals surface area (Å²) >= 11 is 0. The molecule has 158 valence electrons. The summed E-state index contributed by atoms with van der Waals surface area (Å²) in [5, 5.41) is 12.3. The van der Waals surface area contributed by atoms with Crippen LogP contribution in [0.3, 0.4) is 0 Å². The number of likely N-dealkylation sites (N-methyl/N-ethyl adjacent to an activating group) is 1. The number of nitrogens with zero attached hydrogens (tertiary/aromatic N) is 4. The number of nitrogens with one attached hydrogen (secondary N) is 1. The van der Waals surface area contributed by atoms with E-state index in [1.54, 1.807) is 31.2 Å². The van der Waals surface area contributed by atoms with Crippen molar-refractivity contribution in [2.45, 2.75) is 11.8 Å². The molecular formula is C20H23N5O4S. The molecule has 1 aromatic carbocycles. The molecule has 0 atom stereocenters. The first-order valence-corrected chi connectivity index (χ1v) is 10.6. The topological polar surface area (TPSA) is 116 Å². The smallest absolute Gasteiger partial charge is 0.267 e. The van der Waals surface area contributed by atoms with E-state index >= 15 is 0 Å². The third kappa shape index (κ3) is 4.32. The van der Waals surface area contributed by atoms with Gasteiger partial charge in [-0.2, -0.15) is 10.2 Å². The van der Waals surface area contributed by atoms with Gasteiger partial charge in [-0.1, -0.05) is 18.2 Å². The molecule has 9 nitrogen and oxygen atoms in total. The van der Waals surface area contributed by atoms with Gasteiger partial charge in [-0.15, -0.1) is 0 Å². The predicted molar refractivity (Wildman–Crippen MR) is 113 cm³/mol. The fourth-order valence-corrected chi connectivity index (χ4v) is 4.12. The Balaban J connectivity index is 1.91. The fraction of sp³-hybridized carbons (Fsp3) is 0.300. The van der Waals surface area contributed by atoms with Crippen molar-refractivity contribution >= 4 is 21.6 Å². The lowest BCUT2D eigenvalue weighted by Crippen LogP contribution is -2.26. The van der Waals surface area contributed by atoms with Crippen LogP contribution in [-0.2, 0) is 10.0 Å². The van der Waals surface area contributed by atoms with E-state index in [1.807, 2.05) is 31.1 Å². The zero-order valence-corrected chi connectivity index (χ0v) is 18.0. The molecule has 0 radical (unpaired) electrons. The van der Waals surface area contributed by atoms with Gasteiger partial charge in [-0.3, -0.25) is 4.31 Å². The lowest BCUT2D eigenvalue weighted by Gasteiger charge is -2.18. The van der Waals surface area contributed by atoms with Crippen LogP contribution < -0.4 is 9.62 Å². The standard InChI is InChI=1S/C20H23N5O4S/c1-14-18(30(26,27)25(4)15-8-6-5-7-9-15)12-17(28-14)20-23-16(13-21)19(29-20)22-10-11-24(2)3/h5-9,12,22H,10-11H2,1-4H3. The average Bonchev–Trinajstić information content (AvgIpc) is 3.31. The van der Waals surface area contributed by atoms with E-state index in [-0.39, 0.29) is 33.9 Å². The Labute approximate surface area is 175 Å². The van der Waals surface area contributed by atoms with Crippen LogP contribution in [0.2, 0.25) is 0 Å². The first kappa shape index (κ1) is 21.4. The number of benzene rings is 1. The minimum atomic E-state index is -3.86. The summed E-state index contributed by atoms with van der Waals surface area (Å²) in [5.41, 5.74) is 0.596. The van der Waals surface area contributed by atoms with Crippen molar-refractivity contribution in [1.29, 1.82) is 5.26 Å². The molecule has 3 rings (SSSR count). The highest BCUT2D eigenvalue weighted by atomic mass is 32.2. The third-order valence-electron chi connectivity index (χ3n) is 4.42. The third-order valence-corrected chi connectivity index (χ3v) is 6.31. The van der Waals surface area contributed by atoms with Gasteiger partial charge in [0, 0.05) is 26.2 Å². The number of anilines is 2. The molecule has 0 fully saturated rings. The van der Waals surface area contributed by atoms with Gasteiger partial charge in [0.15, 0.2) is 5.76 Å². The summed E-state index contributed by atoms with van der Waals surface area (Å²) in [7, 11) is 1.47. The highest BCUT2D eigenvalue weighted by Crippen LogP contribution is 2.32. The molecule has 3 aromatic rings. The molecule has 2 aromatic heterocycles. The number of aromatic nitrogens is 1. The Kier molecular flexibility index (Phi) is 6.14. The summed E-state index contributed by atoms with van der Waals surface area (Å²) in [5.74, 6) is 0.580. The number of oxazole rings is 1. The molecule has 0 aliphatic rings. The molecule has 0 saturated carbocycles. The van der Waals surface area contributed by atoms with Gasteiger partial charge in [0.1, 0.15) is 16.7 Å². The number of para-hydroxylation sites is 1. The molecule has 0 spiro atoms. The van der Waals surface area contributed by atoms with Crippen molar-refractivity contribution in [3.8, 4) is 17.7 Å². The first-order valence-electron chi connectivity index (χ1n) is 9.18. The van der Waals surface area contributed by atoms with Gasteiger partial charge in [0.2, 0.25) is 11.6 Å². The molecule has 0 bridgehead atoms. The van der Waals surface area contributed by atoms with Crippen LogP contribution in [0, 0.1) is 18.3 Å². The van der Waals surface area contributed by atoms with E-state index in [2.05, 4.69) is 10.3 Å². The number of nitriles is 1. The van der Waals surface area contributed by atoms with Gasteiger partial charge in [0.05, 0.1) is 5.69 Å². The number of hydrogen-bond acceptors (Lipinski definition) is 8. The van der Waals surface area contributed by atoms with Crippen LogP contribution >= 0.6 is 0 Å². The van der Waals surface area contributed by atoms with Crippen LogP contribution in [0.15, 0.2) is 50.1 Å². The fourth-order valence-electron chi connectivity index (χ4n) is 2.77. The zero-order valence-electron chi connectivity index (χ0n) is 17.2. The van der Waals surface area contributed by atoms with Crippen molar-refractivity contribution in [3.05, 3.63) is 47.9 Å². The average molecular weight is 430 g/mol. The Morgan fingerprint density at radius 1 is 1.17 bits per heavy atom. The van der Waals surface area contributed by atoms with Crippen LogP contribution in [-0.4, -0.2) is 52.5 Å². The minimum Gasteiger partial charge on any atom is -0.455 e. The van der Waals surface area contributed by atoms with Gasteiger partial charge < -0.3 is 19.1 Å². The van der Waals surface area contributed by atoms with Crippen molar-refractivity contribution in [3.63, 3.8) is 0 Å². The van der Waals surface area contributed by atoms with E-state index in [1.165, 1.54) is 17.4 Å². The summed E-state index contributed by atoms with van der Waals surface area (Å²) in [6, 6.07) is 12.1. The monoisotopic (exact) mass is 429 g/mol. The highest BCUT2D eigenvalue weighted by molar-refractivity contribution is 7.92. The van der Waals surface area contributed by atoms with Crippen molar-refractivity contribution < 1.29 is 17.3 Å². The second kappa shape index (κ2) is 8.61. The maximum atomic E-state index is 13.1. The van der Waals surface area contributed by atoms with Gasteiger partial charge in [0.25, 0.3) is 15.9 Å². The van der Waals surface area contributed by atoms with Crippen LogP contribution in [0.25, 0.3) is 11.7 Å². The Bertz CT molecular complexity index is 1160. The number of aryl methyl sites for hydroxylation is 1. The summed E-state index contributed by atoms with van der Waals surface area (Å²) in [6.07, 6.45) is 0. The maximum Gasteiger partial charge on any atom is 0.267 e. The lowest BCUT2D eigenvalue weighted by atomic mass is 10.3. The highest BCUT2D eigenvalue weighted by Gasteiger charge is 2.28. The normalized spacial score (nSPS) is 11.5. The van der Waals surface area contributed by atoms with E-state index in [0.29, 0.717) is 12.2 Å². The van der Waals surface area contributed by atoms with Crippen LogP contribution in [0.5, 0.6) is 0 Å². The molecule has 10 heteroatoms.